The van der Waals surface area contributed by atoms with E-state index >= 15 is 0 Å². The number of benzene rings is 1. The van der Waals surface area contributed by atoms with E-state index < -0.39 is 18.4 Å². The molecule has 0 spiro atoms. The molecule has 0 aliphatic heterocycles. The molecule has 0 aliphatic rings. The van der Waals surface area contributed by atoms with Crippen LogP contribution in [0.25, 0.3) is 10.6 Å². The van der Waals surface area contributed by atoms with Gasteiger partial charge in [-0.15, -0.1) is 11.3 Å². The molecular weight excluding hydrogens is 283 g/mol. The van der Waals surface area contributed by atoms with Crippen LogP contribution in [-0.2, 0) is 4.79 Å². The quantitative estimate of drug-likeness (QED) is 0.904. The van der Waals surface area contributed by atoms with Crippen molar-refractivity contribution in [1.82, 2.24) is 10.3 Å². The standard InChI is InChI=1S/C13H11FN2O3S/c1-7-11(12(19)15-6-10(17)18)16-13(20-7)8-3-2-4-9(14)5-8/h2-5H,6H2,1H3,(H,15,19)(H,17,18). The molecule has 1 amide bonds. The zero-order chi connectivity index (χ0) is 14.7. The first-order valence-corrected chi connectivity index (χ1v) is 6.52. The van der Waals surface area contributed by atoms with Crippen LogP contribution < -0.4 is 5.32 Å². The first-order valence-electron chi connectivity index (χ1n) is 5.70. The van der Waals surface area contributed by atoms with Gasteiger partial charge in [0.2, 0.25) is 0 Å². The number of aliphatic carboxylic acids is 1. The van der Waals surface area contributed by atoms with E-state index in [4.69, 9.17) is 5.11 Å². The number of thiazole rings is 1. The molecule has 20 heavy (non-hydrogen) atoms. The lowest BCUT2D eigenvalue weighted by Crippen LogP contribution is -2.29. The van der Waals surface area contributed by atoms with E-state index in [9.17, 15) is 14.0 Å². The summed E-state index contributed by atoms with van der Waals surface area (Å²) in [5, 5.41) is 11.3. The molecule has 1 aromatic carbocycles. The summed E-state index contributed by atoms with van der Waals surface area (Å²) < 4.78 is 13.2. The van der Waals surface area contributed by atoms with Crippen LogP contribution >= 0.6 is 11.3 Å². The third-order valence-corrected chi connectivity index (χ3v) is 3.50. The largest absolute Gasteiger partial charge is 0.480 e. The van der Waals surface area contributed by atoms with Crippen molar-refractivity contribution in [2.75, 3.05) is 6.54 Å². The van der Waals surface area contributed by atoms with Gasteiger partial charge in [0, 0.05) is 10.4 Å². The van der Waals surface area contributed by atoms with Gasteiger partial charge in [-0.3, -0.25) is 9.59 Å². The van der Waals surface area contributed by atoms with Crippen LogP contribution in [0.15, 0.2) is 24.3 Å². The summed E-state index contributed by atoms with van der Waals surface area (Å²) in [6, 6.07) is 5.91. The van der Waals surface area contributed by atoms with Crippen molar-refractivity contribution in [1.29, 1.82) is 0 Å². The summed E-state index contributed by atoms with van der Waals surface area (Å²) in [6.07, 6.45) is 0. The summed E-state index contributed by atoms with van der Waals surface area (Å²) in [5.74, 6) is -2.06. The van der Waals surface area contributed by atoms with Crippen LogP contribution in [0, 0.1) is 12.7 Å². The number of amides is 1. The number of carboxylic acids is 1. The predicted molar refractivity (Wildman–Crippen MR) is 72.2 cm³/mol. The van der Waals surface area contributed by atoms with Crippen molar-refractivity contribution >= 4 is 23.2 Å². The van der Waals surface area contributed by atoms with E-state index in [0.717, 1.165) is 0 Å². The van der Waals surface area contributed by atoms with Crippen LogP contribution in [0.1, 0.15) is 15.4 Å². The molecule has 0 bridgehead atoms. The average molecular weight is 294 g/mol. The highest BCUT2D eigenvalue weighted by molar-refractivity contribution is 7.15. The molecule has 0 aliphatic carbocycles. The van der Waals surface area contributed by atoms with Gasteiger partial charge < -0.3 is 10.4 Å². The molecule has 2 aromatic rings. The smallest absolute Gasteiger partial charge is 0.322 e. The second-order valence-electron chi connectivity index (χ2n) is 4.01. The second kappa shape index (κ2) is 5.79. The van der Waals surface area contributed by atoms with Crippen molar-refractivity contribution in [3.8, 4) is 10.6 Å². The number of halogens is 1. The fourth-order valence-corrected chi connectivity index (χ4v) is 2.50. The highest BCUT2D eigenvalue weighted by Crippen LogP contribution is 2.27. The molecule has 104 valence electrons. The number of aryl methyl sites for hydroxylation is 1. The average Bonchev–Trinajstić information content (AvgIpc) is 2.78. The highest BCUT2D eigenvalue weighted by atomic mass is 32.1. The Labute approximate surface area is 118 Å². The molecule has 0 unspecified atom stereocenters. The lowest BCUT2D eigenvalue weighted by molar-refractivity contribution is -0.135. The van der Waals surface area contributed by atoms with Gasteiger partial charge in [-0.2, -0.15) is 0 Å². The van der Waals surface area contributed by atoms with E-state index in [1.54, 1.807) is 19.1 Å². The van der Waals surface area contributed by atoms with Gasteiger partial charge in [0.05, 0.1) is 0 Å². The monoisotopic (exact) mass is 294 g/mol. The van der Waals surface area contributed by atoms with Gasteiger partial charge in [-0.05, 0) is 19.1 Å². The molecule has 0 fully saturated rings. The number of carbonyl (C=O) groups excluding carboxylic acids is 1. The predicted octanol–water partition coefficient (Wildman–Crippen LogP) is 2.07. The minimum absolute atomic E-state index is 0.163. The number of rotatable bonds is 4. The lowest BCUT2D eigenvalue weighted by Gasteiger charge is -1.99. The van der Waals surface area contributed by atoms with Crippen LogP contribution in [0.3, 0.4) is 0 Å². The van der Waals surface area contributed by atoms with E-state index in [0.29, 0.717) is 15.4 Å². The second-order valence-corrected chi connectivity index (χ2v) is 5.21. The molecule has 0 atom stereocenters. The molecule has 2 rings (SSSR count). The minimum atomic E-state index is -1.13. The van der Waals surface area contributed by atoms with Gasteiger partial charge in [0.25, 0.3) is 5.91 Å². The Hall–Kier alpha value is -2.28. The topological polar surface area (TPSA) is 79.3 Å². The van der Waals surface area contributed by atoms with E-state index in [-0.39, 0.29) is 11.5 Å². The third kappa shape index (κ3) is 3.18. The zero-order valence-electron chi connectivity index (χ0n) is 10.5. The van der Waals surface area contributed by atoms with Gasteiger partial charge >= 0.3 is 5.97 Å². The molecule has 0 saturated carbocycles. The Balaban J connectivity index is 2.25. The summed E-state index contributed by atoms with van der Waals surface area (Å²) >= 11 is 1.25. The Morgan fingerprint density at radius 3 is 2.85 bits per heavy atom. The van der Waals surface area contributed by atoms with Gasteiger partial charge in [-0.25, -0.2) is 9.37 Å². The van der Waals surface area contributed by atoms with Crippen molar-refractivity contribution < 1.29 is 19.1 Å². The summed E-state index contributed by atoms with van der Waals surface area (Å²) in [4.78, 5) is 27.0. The summed E-state index contributed by atoms with van der Waals surface area (Å²) in [5.41, 5.74) is 0.742. The van der Waals surface area contributed by atoms with Gasteiger partial charge in [-0.1, -0.05) is 12.1 Å². The van der Waals surface area contributed by atoms with Crippen molar-refractivity contribution in [2.45, 2.75) is 6.92 Å². The maximum absolute atomic E-state index is 13.2. The summed E-state index contributed by atoms with van der Waals surface area (Å²) in [7, 11) is 0. The number of hydrogen-bond acceptors (Lipinski definition) is 4. The molecule has 7 heteroatoms. The number of carboxylic acid groups (broad SMARTS) is 1. The number of aromatic nitrogens is 1. The van der Waals surface area contributed by atoms with Crippen LogP contribution in [0.5, 0.6) is 0 Å². The summed E-state index contributed by atoms with van der Waals surface area (Å²) in [6.45, 7) is 1.24. The van der Waals surface area contributed by atoms with Crippen LogP contribution in [0.2, 0.25) is 0 Å². The SMILES string of the molecule is Cc1sc(-c2cccc(F)c2)nc1C(=O)NCC(=O)O. The van der Waals surface area contributed by atoms with Crippen molar-refractivity contribution in [3.05, 3.63) is 40.7 Å². The minimum Gasteiger partial charge on any atom is -0.480 e. The molecular formula is C13H11FN2O3S. The maximum Gasteiger partial charge on any atom is 0.322 e. The normalized spacial score (nSPS) is 10.3. The molecule has 0 saturated heterocycles. The fourth-order valence-electron chi connectivity index (χ4n) is 1.59. The van der Waals surface area contributed by atoms with Crippen LogP contribution in [0.4, 0.5) is 4.39 Å². The molecule has 5 nitrogen and oxygen atoms in total. The molecule has 0 radical (unpaired) electrons. The Morgan fingerprint density at radius 2 is 2.20 bits per heavy atom. The van der Waals surface area contributed by atoms with Crippen molar-refractivity contribution in [3.63, 3.8) is 0 Å². The molecule has 2 N–H and O–H groups in total. The van der Waals surface area contributed by atoms with Gasteiger partial charge in [0.15, 0.2) is 0 Å². The third-order valence-electron chi connectivity index (χ3n) is 2.48. The fraction of sp³-hybridized carbons (Fsp3) is 0.154. The molecule has 1 heterocycles. The first-order chi connectivity index (χ1) is 9.47. The van der Waals surface area contributed by atoms with Crippen LogP contribution in [-0.4, -0.2) is 28.5 Å². The van der Waals surface area contributed by atoms with E-state index in [1.807, 2.05) is 0 Å². The molecule has 1 aromatic heterocycles. The Kier molecular flexibility index (Phi) is 4.09. The number of hydrogen-bond donors (Lipinski definition) is 2. The first kappa shape index (κ1) is 14.1. The van der Waals surface area contributed by atoms with Gasteiger partial charge in [0.1, 0.15) is 23.1 Å². The van der Waals surface area contributed by atoms with Crippen molar-refractivity contribution in [2.24, 2.45) is 0 Å². The number of nitrogens with zero attached hydrogens (tertiary/aromatic N) is 1. The Morgan fingerprint density at radius 1 is 1.45 bits per heavy atom. The van der Waals surface area contributed by atoms with E-state index in [1.165, 1.54) is 23.5 Å². The maximum atomic E-state index is 13.2. The van der Waals surface area contributed by atoms with E-state index in [2.05, 4.69) is 10.3 Å². The number of carbonyl (C=O) groups is 2. The lowest BCUT2D eigenvalue weighted by atomic mass is 10.2. The zero-order valence-corrected chi connectivity index (χ0v) is 11.3. The highest BCUT2D eigenvalue weighted by Gasteiger charge is 2.17. The number of nitrogens with one attached hydrogen (secondary N) is 1. The Bertz CT molecular complexity index is 669.